The van der Waals surface area contributed by atoms with E-state index in [0.717, 1.165) is 83.5 Å². The molecule has 1 amide bonds. The van der Waals surface area contributed by atoms with Crippen LogP contribution in [0.3, 0.4) is 0 Å². The van der Waals surface area contributed by atoms with Crippen molar-refractivity contribution in [2.24, 2.45) is 0 Å². The van der Waals surface area contributed by atoms with Crippen LogP contribution in [0.25, 0.3) is 0 Å². The van der Waals surface area contributed by atoms with Crippen molar-refractivity contribution in [2.45, 2.75) is 238 Å². The third-order valence-corrected chi connectivity index (χ3v) is 13.0. The van der Waals surface area contributed by atoms with E-state index >= 15 is 0 Å². The van der Waals surface area contributed by atoms with Gasteiger partial charge in [0.05, 0.1) is 33.8 Å². The second kappa shape index (κ2) is 50.5. The molecule has 0 radical (unpaired) electrons. The van der Waals surface area contributed by atoms with Crippen LogP contribution in [0.1, 0.15) is 226 Å². The Hall–Kier alpha value is -3.07. The normalized spacial score (nSPS) is 14.5. The molecule has 3 unspecified atom stereocenters. The molecule has 0 saturated carbocycles. The molecule has 0 aromatic rings. The first-order chi connectivity index (χ1) is 34.4. The van der Waals surface area contributed by atoms with Gasteiger partial charge in [0, 0.05) is 12.8 Å². The topological polar surface area (TPSA) is 114 Å². The Kier molecular flexibility index (Phi) is 48.3. The SMILES string of the molecule is CC/C=C\C/C=C\C/C=C\C/C=C\C/C=C\CCCCCC(=O)NC(COP(=O)([O-])OCC[N+](C)(C)C)C(/C=C\CCCCCCCCCCCCC)OC(=O)CC/C=C/C/C=C\CCCCCCCC. The lowest BCUT2D eigenvalue weighted by atomic mass is 10.0. The molecule has 71 heavy (non-hydrogen) atoms. The van der Waals surface area contributed by atoms with Crippen LogP contribution in [-0.2, 0) is 27.9 Å². The minimum atomic E-state index is -4.72. The number of carbonyl (C=O) groups excluding carboxylic acids is 2. The molecule has 0 aromatic heterocycles. The maximum absolute atomic E-state index is 13.5. The van der Waals surface area contributed by atoms with Gasteiger partial charge < -0.3 is 28.5 Å². The first kappa shape index (κ1) is 67.9. The average molecular weight is 1010 g/mol. The van der Waals surface area contributed by atoms with Gasteiger partial charge in [-0.2, -0.15) is 0 Å². The molecule has 0 rings (SSSR count). The van der Waals surface area contributed by atoms with Gasteiger partial charge in [0.15, 0.2) is 0 Å². The second-order valence-corrected chi connectivity index (χ2v) is 21.5. The van der Waals surface area contributed by atoms with Crippen molar-refractivity contribution in [2.75, 3.05) is 40.9 Å². The maximum Gasteiger partial charge on any atom is 0.306 e. The Bertz CT molecular complexity index is 1540. The number of hydrogen-bond acceptors (Lipinski definition) is 7. The van der Waals surface area contributed by atoms with Gasteiger partial charge in [0.25, 0.3) is 7.82 Å². The van der Waals surface area contributed by atoms with Gasteiger partial charge in [-0.3, -0.25) is 14.2 Å². The molecule has 408 valence electrons. The third kappa shape index (κ3) is 51.6. The molecule has 1 N–H and O–H groups in total. The Labute approximate surface area is 437 Å². The van der Waals surface area contributed by atoms with Crippen molar-refractivity contribution in [3.8, 4) is 0 Å². The van der Waals surface area contributed by atoms with Crippen LogP contribution in [0.15, 0.2) is 97.2 Å². The number of carbonyl (C=O) groups is 2. The number of nitrogens with zero attached hydrogens (tertiary/aromatic N) is 1. The monoisotopic (exact) mass is 1010 g/mol. The molecule has 0 aliphatic carbocycles. The first-order valence-electron chi connectivity index (χ1n) is 28.5. The summed E-state index contributed by atoms with van der Waals surface area (Å²) in [5.74, 6) is -0.663. The van der Waals surface area contributed by atoms with E-state index in [4.69, 9.17) is 13.8 Å². The number of likely N-dealkylation sites (N-methyl/N-ethyl adjacent to an activating group) is 1. The van der Waals surface area contributed by atoms with Crippen molar-refractivity contribution >= 4 is 19.7 Å². The highest BCUT2D eigenvalue weighted by Crippen LogP contribution is 2.38. The smallest absolute Gasteiger partial charge is 0.306 e. The number of phosphoric ester groups is 1. The third-order valence-electron chi connectivity index (χ3n) is 12.0. The molecule has 9 nitrogen and oxygen atoms in total. The standard InChI is InChI=1S/C61H107N2O7P/c1-7-10-13-16-19-22-25-28-29-30-31-32-33-36-38-41-44-47-50-53-60(64)62-58(57-69-71(66,67)68-56-55-63(4,5)6)59(52-49-46-43-40-37-34-26-23-20-17-14-11-8-2)70-61(65)54-51-48-45-42-39-35-27-24-21-18-15-12-9-3/h10,13,19,22,28-29,31-32,35-36,38-39,45,48-49,52,58-59H,7-9,11-12,14-18,20-21,23-27,30,33-34,37,40-44,46-47,50-51,53-57H2,1-6H3,(H-,62,64,66,67)/b13-10-,22-19-,29-28-,32-31-,38-36-,39-35-,48-45+,52-49-. The molecule has 3 atom stereocenters. The lowest BCUT2D eigenvalue weighted by Crippen LogP contribution is -2.47. The molecule has 0 saturated heterocycles. The molecule has 0 fully saturated rings. The van der Waals surface area contributed by atoms with E-state index in [-0.39, 0.29) is 25.4 Å². The number of unbranched alkanes of at least 4 members (excludes halogenated alkanes) is 20. The Balaban J connectivity index is 5.49. The molecule has 10 heteroatoms. The van der Waals surface area contributed by atoms with Gasteiger partial charge in [-0.05, 0) is 96.0 Å². The predicted octanol–water partition coefficient (Wildman–Crippen LogP) is 16.6. The van der Waals surface area contributed by atoms with Gasteiger partial charge >= 0.3 is 5.97 Å². The number of hydrogen-bond donors (Lipinski definition) is 1. The Morgan fingerprint density at radius 3 is 1.38 bits per heavy atom. The zero-order valence-electron chi connectivity index (χ0n) is 46.4. The van der Waals surface area contributed by atoms with E-state index in [1.54, 1.807) is 6.08 Å². The van der Waals surface area contributed by atoms with Gasteiger partial charge in [0.1, 0.15) is 19.3 Å². The first-order valence-corrected chi connectivity index (χ1v) is 30.0. The van der Waals surface area contributed by atoms with Gasteiger partial charge in [0.2, 0.25) is 5.91 Å². The molecular weight excluding hydrogens is 904 g/mol. The maximum atomic E-state index is 13.5. The molecule has 0 aromatic carbocycles. The summed E-state index contributed by atoms with van der Waals surface area (Å²) in [6.07, 6.45) is 66.7. The van der Waals surface area contributed by atoms with Gasteiger partial charge in [-0.1, -0.05) is 215 Å². The molecule has 0 spiro atoms. The van der Waals surface area contributed by atoms with Crippen LogP contribution in [0.4, 0.5) is 0 Å². The van der Waals surface area contributed by atoms with Crippen molar-refractivity contribution in [3.63, 3.8) is 0 Å². The molecular formula is C61H107N2O7P. The van der Waals surface area contributed by atoms with Crippen molar-refractivity contribution in [1.29, 1.82) is 0 Å². The van der Waals surface area contributed by atoms with Crippen LogP contribution >= 0.6 is 7.82 Å². The van der Waals surface area contributed by atoms with E-state index in [1.165, 1.54) is 96.3 Å². The fourth-order valence-corrected chi connectivity index (χ4v) is 8.32. The second-order valence-electron chi connectivity index (χ2n) is 20.1. The predicted molar refractivity (Wildman–Crippen MR) is 302 cm³/mol. The molecule has 0 aliphatic rings. The van der Waals surface area contributed by atoms with Crippen molar-refractivity contribution < 1.29 is 37.3 Å². The summed E-state index contributed by atoms with van der Waals surface area (Å²) in [7, 11) is 1.12. The minimum Gasteiger partial charge on any atom is -0.756 e. The van der Waals surface area contributed by atoms with Gasteiger partial charge in [-0.25, -0.2) is 0 Å². The minimum absolute atomic E-state index is 0.0410. The van der Waals surface area contributed by atoms with Crippen molar-refractivity contribution in [1.82, 2.24) is 5.32 Å². The highest BCUT2D eigenvalue weighted by atomic mass is 31.2. The number of rotatable bonds is 50. The van der Waals surface area contributed by atoms with Crippen LogP contribution in [0.5, 0.6) is 0 Å². The van der Waals surface area contributed by atoms with E-state index < -0.39 is 32.5 Å². The lowest BCUT2D eigenvalue weighted by Gasteiger charge is -2.30. The summed E-state index contributed by atoms with van der Waals surface area (Å²) in [6, 6.07) is -0.932. The lowest BCUT2D eigenvalue weighted by molar-refractivity contribution is -0.870. The highest BCUT2D eigenvalue weighted by Gasteiger charge is 2.27. The fourth-order valence-electron chi connectivity index (χ4n) is 7.60. The quantitative estimate of drug-likeness (QED) is 0.0212. The summed E-state index contributed by atoms with van der Waals surface area (Å²) in [4.78, 5) is 39.8. The Morgan fingerprint density at radius 2 is 0.915 bits per heavy atom. The number of quaternary nitrogens is 1. The van der Waals surface area contributed by atoms with Crippen LogP contribution < -0.4 is 10.2 Å². The number of nitrogens with one attached hydrogen (secondary N) is 1. The van der Waals surface area contributed by atoms with Gasteiger partial charge in [-0.15, -0.1) is 0 Å². The van der Waals surface area contributed by atoms with E-state index in [2.05, 4.69) is 105 Å². The summed E-state index contributed by atoms with van der Waals surface area (Å²) in [6.45, 7) is 6.64. The number of phosphoric acid groups is 1. The molecule has 0 bridgehead atoms. The number of ether oxygens (including phenoxy) is 1. The largest absolute Gasteiger partial charge is 0.756 e. The van der Waals surface area contributed by atoms with E-state index in [9.17, 15) is 19.0 Å². The Morgan fingerprint density at radius 1 is 0.507 bits per heavy atom. The average Bonchev–Trinajstić information content (AvgIpc) is 3.33. The molecule has 0 heterocycles. The van der Waals surface area contributed by atoms with Crippen LogP contribution in [0.2, 0.25) is 0 Å². The van der Waals surface area contributed by atoms with E-state index in [0.29, 0.717) is 23.9 Å². The van der Waals surface area contributed by atoms with Crippen LogP contribution in [-0.4, -0.2) is 69.4 Å². The highest BCUT2D eigenvalue weighted by molar-refractivity contribution is 7.45. The van der Waals surface area contributed by atoms with Crippen molar-refractivity contribution in [3.05, 3.63) is 97.2 Å². The summed E-state index contributed by atoms with van der Waals surface area (Å²) in [5, 5.41) is 2.98. The summed E-state index contributed by atoms with van der Waals surface area (Å²) in [5.41, 5.74) is 0. The summed E-state index contributed by atoms with van der Waals surface area (Å²) < 4.78 is 30.1. The zero-order valence-corrected chi connectivity index (χ0v) is 47.3. The number of allylic oxidation sites excluding steroid dienone is 15. The number of esters is 1. The van der Waals surface area contributed by atoms with E-state index in [1.807, 2.05) is 33.3 Å². The fraction of sp³-hybridized carbons (Fsp3) is 0.705. The molecule has 0 aliphatic heterocycles. The zero-order chi connectivity index (χ0) is 52.2. The summed E-state index contributed by atoms with van der Waals surface area (Å²) >= 11 is 0. The number of amides is 1. The van der Waals surface area contributed by atoms with Crippen LogP contribution in [0, 0.1) is 0 Å².